The predicted molar refractivity (Wildman–Crippen MR) is 108 cm³/mol. The predicted octanol–water partition coefficient (Wildman–Crippen LogP) is 3.49. The molecule has 0 aliphatic heterocycles. The number of carbonyl (C=O) groups is 1. The number of anilines is 1. The summed E-state index contributed by atoms with van der Waals surface area (Å²) in [6, 6.07) is 9.83. The molecular formula is C17H16BrN3O4S. The Bertz CT molecular complexity index is 858. The molecule has 0 aromatic heterocycles. The first-order valence-corrected chi connectivity index (χ1v) is 8.49. The van der Waals surface area contributed by atoms with Gasteiger partial charge >= 0.3 is 5.97 Å². The fraction of sp³-hybridized carbons (Fsp3) is 0.118. The molecule has 0 atom stereocenters. The van der Waals surface area contributed by atoms with Crippen LogP contribution in [-0.2, 0) is 0 Å². The molecule has 2 aromatic rings. The lowest BCUT2D eigenvalue weighted by atomic mass is 10.2. The molecule has 0 bridgehead atoms. The van der Waals surface area contributed by atoms with Gasteiger partial charge in [-0.15, -0.1) is 0 Å². The summed E-state index contributed by atoms with van der Waals surface area (Å²) in [5, 5.41) is 16.1. The quantitative estimate of drug-likeness (QED) is 0.361. The van der Waals surface area contributed by atoms with E-state index < -0.39 is 5.97 Å². The van der Waals surface area contributed by atoms with Crippen LogP contribution in [0.2, 0.25) is 0 Å². The molecule has 0 unspecified atom stereocenters. The Kier molecular flexibility index (Phi) is 6.93. The number of nitrogens with zero attached hydrogens (tertiary/aromatic N) is 1. The summed E-state index contributed by atoms with van der Waals surface area (Å²) >= 11 is 8.55. The summed E-state index contributed by atoms with van der Waals surface area (Å²) in [5.74, 6) is 0.217. The van der Waals surface area contributed by atoms with Crippen LogP contribution in [0.1, 0.15) is 15.9 Å². The van der Waals surface area contributed by atoms with E-state index in [-0.39, 0.29) is 10.7 Å². The summed E-state index contributed by atoms with van der Waals surface area (Å²) < 4.78 is 11.3. The molecule has 0 spiro atoms. The van der Waals surface area contributed by atoms with Crippen LogP contribution in [0, 0.1) is 0 Å². The van der Waals surface area contributed by atoms with Gasteiger partial charge in [-0.2, -0.15) is 5.10 Å². The number of halogens is 1. The van der Waals surface area contributed by atoms with E-state index in [1.807, 2.05) is 0 Å². The molecule has 0 radical (unpaired) electrons. The molecule has 0 saturated carbocycles. The van der Waals surface area contributed by atoms with Crippen molar-refractivity contribution < 1.29 is 19.4 Å². The topological polar surface area (TPSA) is 92.2 Å². The molecule has 0 saturated heterocycles. The van der Waals surface area contributed by atoms with E-state index in [0.717, 1.165) is 4.47 Å². The van der Waals surface area contributed by atoms with Gasteiger partial charge in [-0.25, -0.2) is 4.79 Å². The van der Waals surface area contributed by atoms with Crippen molar-refractivity contribution in [2.24, 2.45) is 5.10 Å². The SMILES string of the molecule is COc1cc(OC)c(C=NNC(=S)Nc2cccc(C(=O)O)c2)cc1Br. The van der Waals surface area contributed by atoms with Crippen molar-refractivity contribution in [1.29, 1.82) is 0 Å². The van der Waals surface area contributed by atoms with Crippen LogP contribution in [0.5, 0.6) is 11.5 Å². The number of aromatic carboxylic acids is 1. The second-order valence-corrected chi connectivity index (χ2v) is 6.20. The third-order valence-electron chi connectivity index (χ3n) is 3.24. The molecule has 9 heteroatoms. The van der Waals surface area contributed by atoms with Crippen LogP contribution in [0.25, 0.3) is 0 Å². The number of thiocarbonyl (C=S) groups is 1. The van der Waals surface area contributed by atoms with Gasteiger partial charge in [-0.05, 0) is 52.4 Å². The number of hydrogen-bond donors (Lipinski definition) is 3. The van der Waals surface area contributed by atoms with Crippen molar-refractivity contribution >= 4 is 51.1 Å². The fourth-order valence-corrected chi connectivity index (χ4v) is 2.73. The summed E-state index contributed by atoms with van der Waals surface area (Å²) in [7, 11) is 3.12. The smallest absolute Gasteiger partial charge is 0.335 e. The van der Waals surface area contributed by atoms with Crippen molar-refractivity contribution in [2.75, 3.05) is 19.5 Å². The Hall–Kier alpha value is -2.65. The van der Waals surface area contributed by atoms with E-state index in [9.17, 15) is 4.79 Å². The van der Waals surface area contributed by atoms with Crippen molar-refractivity contribution in [3.05, 3.63) is 52.0 Å². The number of hydrogen-bond acceptors (Lipinski definition) is 5. The minimum Gasteiger partial charge on any atom is -0.496 e. The van der Waals surface area contributed by atoms with Gasteiger partial charge in [0.25, 0.3) is 0 Å². The molecule has 2 rings (SSSR count). The molecule has 0 aliphatic rings. The van der Waals surface area contributed by atoms with Crippen LogP contribution >= 0.6 is 28.1 Å². The number of carboxylic acids is 1. The number of methoxy groups -OCH3 is 2. The molecule has 0 fully saturated rings. The first kappa shape index (κ1) is 19.7. The molecular weight excluding hydrogens is 422 g/mol. The van der Waals surface area contributed by atoms with Crippen LogP contribution in [-0.4, -0.2) is 36.6 Å². The zero-order valence-corrected chi connectivity index (χ0v) is 16.3. The monoisotopic (exact) mass is 437 g/mol. The molecule has 0 heterocycles. The Morgan fingerprint density at radius 2 is 1.96 bits per heavy atom. The first-order valence-electron chi connectivity index (χ1n) is 7.29. The van der Waals surface area contributed by atoms with Crippen molar-refractivity contribution in [2.45, 2.75) is 0 Å². The maximum atomic E-state index is 11.0. The summed E-state index contributed by atoms with van der Waals surface area (Å²) in [6.07, 6.45) is 1.55. The maximum Gasteiger partial charge on any atom is 0.335 e. The third-order valence-corrected chi connectivity index (χ3v) is 4.05. The minimum atomic E-state index is -1.01. The second-order valence-electron chi connectivity index (χ2n) is 4.94. The number of benzene rings is 2. The number of nitrogens with one attached hydrogen (secondary N) is 2. The van der Waals surface area contributed by atoms with E-state index >= 15 is 0 Å². The fourth-order valence-electron chi connectivity index (χ4n) is 2.03. The lowest BCUT2D eigenvalue weighted by molar-refractivity contribution is 0.0697. The summed E-state index contributed by atoms with van der Waals surface area (Å²) in [4.78, 5) is 11.0. The average molecular weight is 438 g/mol. The molecule has 136 valence electrons. The van der Waals surface area contributed by atoms with Gasteiger partial charge in [-0.1, -0.05) is 6.07 Å². The van der Waals surface area contributed by atoms with Crippen molar-refractivity contribution in [1.82, 2.24) is 5.43 Å². The molecule has 7 nitrogen and oxygen atoms in total. The highest BCUT2D eigenvalue weighted by molar-refractivity contribution is 9.10. The van der Waals surface area contributed by atoms with Crippen LogP contribution in [0.3, 0.4) is 0 Å². The van der Waals surface area contributed by atoms with Crippen molar-refractivity contribution in [3.8, 4) is 11.5 Å². The number of ether oxygens (including phenoxy) is 2. The van der Waals surface area contributed by atoms with Gasteiger partial charge < -0.3 is 19.9 Å². The van der Waals surface area contributed by atoms with Gasteiger partial charge in [-0.3, -0.25) is 5.43 Å². The maximum absolute atomic E-state index is 11.0. The molecule has 2 aromatic carbocycles. The van der Waals surface area contributed by atoms with Gasteiger partial charge in [0.15, 0.2) is 5.11 Å². The molecule has 0 amide bonds. The highest BCUT2D eigenvalue weighted by Crippen LogP contribution is 2.31. The first-order chi connectivity index (χ1) is 12.4. The number of carboxylic acid groups (broad SMARTS) is 1. The normalized spacial score (nSPS) is 10.4. The average Bonchev–Trinajstić information content (AvgIpc) is 2.62. The lowest BCUT2D eigenvalue weighted by Gasteiger charge is -2.10. The Labute approximate surface area is 164 Å². The largest absolute Gasteiger partial charge is 0.496 e. The van der Waals surface area contributed by atoms with Gasteiger partial charge in [0.1, 0.15) is 11.5 Å². The lowest BCUT2D eigenvalue weighted by Crippen LogP contribution is -2.24. The van der Waals surface area contributed by atoms with E-state index in [4.69, 9.17) is 26.8 Å². The highest BCUT2D eigenvalue weighted by atomic mass is 79.9. The molecule has 0 aliphatic carbocycles. The van der Waals surface area contributed by atoms with E-state index in [2.05, 4.69) is 31.8 Å². The zero-order valence-electron chi connectivity index (χ0n) is 13.9. The minimum absolute atomic E-state index is 0.161. The van der Waals surface area contributed by atoms with Gasteiger partial charge in [0.2, 0.25) is 0 Å². The van der Waals surface area contributed by atoms with E-state index in [1.54, 1.807) is 44.7 Å². The van der Waals surface area contributed by atoms with Crippen LogP contribution < -0.4 is 20.2 Å². The van der Waals surface area contributed by atoms with Gasteiger partial charge in [0.05, 0.1) is 30.5 Å². The van der Waals surface area contributed by atoms with Crippen LogP contribution in [0.15, 0.2) is 46.0 Å². The molecule has 3 N–H and O–H groups in total. The Morgan fingerprint density at radius 3 is 2.62 bits per heavy atom. The van der Waals surface area contributed by atoms with Crippen molar-refractivity contribution in [3.63, 3.8) is 0 Å². The Balaban J connectivity index is 2.04. The summed E-state index contributed by atoms with van der Waals surface area (Å²) in [5.41, 5.74) is 4.08. The van der Waals surface area contributed by atoms with Gasteiger partial charge in [0, 0.05) is 17.3 Å². The number of hydrazone groups is 1. The van der Waals surface area contributed by atoms with E-state index in [1.165, 1.54) is 12.1 Å². The highest BCUT2D eigenvalue weighted by Gasteiger charge is 2.08. The van der Waals surface area contributed by atoms with Crippen LogP contribution in [0.4, 0.5) is 5.69 Å². The zero-order chi connectivity index (χ0) is 19.1. The third kappa shape index (κ3) is 5.17. The summed E-state index contributed by atoms with van der Waals surface area (Å²) in [6.45, 7) is 0. The second kappa shape index (κ2) is 9.16. The number of rotatable bonds is 6. The standard InChI is InChI=1S/C17H16BrN3O4S/c1-24-14-8-15(25-2)13(18)7-11(14)9-19-21-17(26)20-12-5-3-4-10(6-12)16(22)23/h3-9H,1-2H3,(H,22,23)(H2,20,21,26). The molecule has 26 heavy (non-hydrogen) atoms. The van der Waals surface area contributed by atoms with E-state index in [0.29, 0.717) is 22.7 Å². The Morgan fingerprint density at radius 1 is 1.23 bits per heavy atom.